The molecular formula is C10H12Cl2. The molecule has 0 fully saturated rings. The summed E-state index contributed by atoms with van der Waals surface area (Å²) in [6.07, 6.45) is 0. The van der Waals surface area contributed by atoms with Gasteiger partial charge in [-0.05, 0) is 36.1 Å². The zero-order chi connectivity index (χ0) is 14.5. The Morgan fingerprint density at radius 2 is 1.50 bits per heavy atom. The Morgan fingerprint density at radius 1 is 1.17 bits per heavy atom. The number of halogens is 2. The molecule has 0 aromatic heterocycles. The zero-order valence-corrected chi connectivity index (χ0v) is 8.27. The predicted octanol–water partition coefficient (Wildman–Crippen LogP) is 3.78. The minimum atomic E-state index is -2.28. The van der Waals surface area contributed by atoms with Crippen molar-refractivity contribution >= 4 is 23.2 Å². The molecule has 0 aliphatic carbocycles. The maximum absolute atomic E-state index is 7.88. The Bertz CT molecular complexity index is 413. The van der Waals surface area contributed by atoms with Crippen molar-refractivity contribution in [1.82, 2.24) is 0 Å². The molecule has 0 aliphatic rings. The highest BCUT2D eigenvalue weighted by atomic mass is 35.5. The maximum atomic E-state index is 7.88. The molecule has 1 aromatic carbocycles. The van der Waals surface area contributed by atoms with Crippen LogP contribution in [0.1, 0.15) is 30.5 Å². The number of benzene rings is 1. The van der Waals surface area contributed by atoms with Gasteiger partial charge in [-0.1, -0.05) is 12.1 Å². The molecule has 12 heavy (non-hydrogen) atoms. The molecule has 0 saturated carbocycles. The zero-order valence-electron chi connectivity index (χ0n) is 12.8. The van der Waals surface area contributed by atoms with E-state index in [1.54, 1.807) is 0 Å². The van der Waals surface area contributed by atoms with E-state index < -0.39 is 11.7 Å². The monoisotopic (exact) mass is 208 g/mol. The Morgan fingerprint density at radius 3 is 1.75 bits per heavy atom. The van der Waals surface area contributed by atoms with Crippen molar-refractivity contribution < 1.29 is 8.22 Å². The molecule has 0 saturated heterocycles. The van der Waals surface area contributed by atoms with Crippen LogP contribution in [0.15, 0.2) is 12.1 Å². The van der Waals surface area contributed by atoms with E-state index >= 15 is 0 Å². The third-order valence-corrected chi connectivity index (χ3v) is 1.94. The molecule has 0 atom stereocenters. The number of rotatable bonds is 2. The van der Waals surface area contributed by atoms with Crippen LogP contribution >= 0.6 is 23.2 Å². The van der Waals surface area contributed by atoms with Crippen LogP contribution in [-0.2, 0) is 11.7 Å². The van der Waals surface area contributed by atoms with Crippen LogP contribution in [0.3, 0.4) is 0 Å². The molecule has 0 spiro atoms. The van der Waals surface area contributed by atoms with Crippen LogP contribution in [0, 0.1) is 13.8 Å². The van der Waals surface area contributed by atoms with Crippen LogP contribution in [0.5, 0.6) is 0 Å². The summed E-state index contributed by atoms with van der Waals surface area (Å²) < 4.78 is 45.7. The Labute approximate surface area is 91.9 Å². The quantitative estimate of drug-likeness (QED) is 0.650. The molecular weight excluding hydrogens is 191 g/mol. The van der Waals surface area contributed by atoms with Crippen molar-refractivity contribution in [3.63, 3.8) is 0 Å². The van der Waals surface area contributed by atoms with Gasteiger partial charge in [-0.25, -0.2) is 0 Å². The van der Waals surface area contributed by atoms with Crippen molar-refractivity contribution in [1.29, 1.82) is 0 Å². The highest BCUT2D eigenvalue weighted by Crippen LogP contribution is 2.18. The molecule has 0 aliphatic heterocycles. The summed E-state index contributed by atoms with van der Waals surface area (Å²) in [6, 6.07) is -0.439. The average molecular weight is 209 g/mol. The van der Waals surface area contributed by atoms with E-state index in [0.717, 1.165) is 0 Å². The minimum Gasteiger partial charge on any atom is -0.122 e. The number of alkyl halides is 2. The lowest BCUT2D eigenvalue weighted by molar-refractivity contribution is 1.21. The first-order valence-electron chi connectivity index (χ1n) is 6.38. The molecule has 0 nitrogen and oxygen atoms in total. The van der Waals surface area contributed by atoms with E-state index in [4.69, 9.17) is 31.4 Å². The Balaban J connectivity index is 3.79. The smallest absolute Gasteiger partial charge is 0.0629 e. The molecule has 1 rings (SSSR count). The van der Waals surface area contributed by atoms with Gasteiger partial charge >= 0.3 is 0 Å². The maximum Gasteiger partial charge on any atom is 0.0629 e. The molecule has 1 aromatic rings. The summed E-state index contributed by atoms with van der Waals surface area (Å²) >= 11 is 11.2. The van der Waals surface area contributed by atoms with Crippen molar-refractivity contribution in [2.75, 3.05) is 0 Å². The first kappa shape index (κ1) is 4.34. The summed E-state index contributed by atoms with van der Waals surface area (Å²) in [5, 5.41) is 0. The Kier molecular flexibility index (Phi) is 1.50. The second-order valence-electron chi connectivity index (χ2n) is 2.44. The van der Waals surface area contributed by atoms with Gasteiger partial charge in [0.1, 0.15) is 0 Å². The van der Waals surface area contributed by atoms with Crippen LogP contribution in [0.4, 0.5) is 0 Å². The summed E-state index contributed by atoms with van der Waals surface area (Å²) in [5.74, 6) is -4.56. The fourth-order valence-corrected chi connectivity index (χ4v) is 1.25. The lowest BCUT2D eigenvalue weighted by atomic mass is 10.0. The lowest BCUT2D eigenvalue weighted by Crippen LogP contribution is -1.91. The van der Waals surface area contributed by atoms with Crippen LogP contribution in [0.2, 0.25) is 0 Å². The van der Waals surface area contributed by atoms with E-state index in [0.29, 0.717) is 0 Å². The third-order valence-electron chi connectivity index (χ3n) is 1.56. The van der Waals surface area contributed by atoms with Crippen molar-refractivity contribution in [3.05, 3.63) is 34.3 Å². The van der Waals surface area contributed by atoms with E-state index in [-0.39, 0.29) is 34.3 Å². The average Bonchev–Trinajstić information content (AvgIpc) is 2.10. The Hall–Kier alpha value is -0.200. The lowest BCUT2D eigenvalue weighted by Gasteiger charge is -2.07. The summed E-state index contributed by atoms with van der Waals surface area (Å²) in [4.78, 5) is 0. The second-order valence-corrected chi connectivity index (χ2v) is 2.82. The van der Waals surface area contributed by atoms with Crippen LogP contribution in [0.25, 0.3) is 0 Å². The van der Waals surface area contributed by atoms with E-state index in [1.165, 1.54) is 13.8 Å². The molecule has 0 bridgehead atoms. The summed E-state index contributed by atoms with van der Waals surface area (Å²) in [7, 11) is 0. The molecule has 0 heterocycles. The third kappa shape index (κ3) is 1.94. The van der Waals surface area contributed by atoms with Gasteiger partial charge in [0, 0.05) is 17.1 Å². The van der Waals surface area contributed by atoms with Gasteiger partial charge < -0.3 is 0 Å². The fourth-order valence-electron chi connectivity index (χ4n) is 0.876. The summed E-state index contributed by atoms with van der Waals surface area (Å²) in [5.41, 5.74) is 0.0305. The number of hydrogen-bond donors (Lipinski definition) is 0. The van der Waals surface area contributed by atoms with E-state index in [1.807, 2.05) is 0 Å². The van der Waals surface area contributed by atoms with Gasteiger partial charge in [-0.2, -0.15) is 0 Å². The SMILES string of the molecule is [2H]c1c(C)c(C([2H])([2H])Cl)c([2H])c(C)c1C([2H])([2H])Cl. The topological polar surface area (TPSA) is 0 Å². The normalized spacial score (nSPS) is 20.0. The van der Waals surface area contributed by atoms with Crippen LogP contribution < -0.4 is 0 Å². The molecule has 0 N–H and O–H groups in total. The molecule has 0 radical (unpaired) electrons. The highest BCUT2D eigenvalue weighted by molar-refractivity contribution is 6.17. The molecule has 2 heteroatoms. The van der Waals surface area contributed by atoms with Gasteiger partial charge in [0.05, 0.1) is 2.74 Å². The number of hydrogen-bond acceptors (Lipinski definition) is 0. The van der Waals surface area contributed by atoms with E-state index in [9.17, 15) is 0 Å². The predicted molar refractivity (Wildman–Crippen MR) is 55.0 cm³/mol. The second kappa shape index (κ2) is 4.15. The van der Waals surface area contributed by atoms with E-state index in [2.05, 4.69) is 0 Å². The molecule has 66 valence electrons. The van der Waals surface area contributed by atoms with Crippen LogP contribution in [-0.4, -0.2) is 0 Å². The van der Waals surface area contributed by atoms with Crippen molar-refractivity contribution in [3.8, 4) is 0 Å². The van der Waals surface area contributed by atoms with Crippen molar-refractivity contribution in [2.24, 2.45) is 0 Å². The van der Waals surface area contributed by atoms with Crippen molar-refractivity contribution in [2.45, 2.75) is 25.5 Å². The van der Waals surface area contributed by atoms with Gasteiger partial charge in [0.2, 0.25) is 0 Å². The van der Waals surface area contributed by atoms with Gasteiger partial charge in [-0.15, -0.1) is 23.2 Å². The first-order chi connectivity index (χ1) is 7.89. The van der Waals surface area contributed by atoms with Gasteiger partial charge in [0.25, 0.3) is 0 Å². The van der Waals surface area contributed by atoms with Gasteiger partial charge in [-0.3, -0.25) is 0 Å². The molecule has 0 amide bonds. The molecule has 0 unspecified atom stereocenters. The largest absolute Gasteiger partial charge is 0.122 e. The highest BCUT2D eigenvalue weighted by Gasteiger charge is 2.02. The standard InChI is InChI=1S/C10H12Cl2/c1-7-3-10(6-12)8(2)4-9(7)5-11/h3-4H,5-6H2,1-2H3/i3D,4D,5D2,6D2. The fraction of sp³-hybridized carbons (Fsp3) is 0.400. The minimum absolute atomic E-state index is 0.115. The first-order valence-corrected chi connectivity index (χ1v) is 4.13. The van der Waals surface area contributed by atoms with Gasteiger partial charge in [0.15, 0.2) is 0 Å². The summed E-state index contributed by atoms with van der Waals surface area (Å²) in [6.45, 7) is 2.86.